The number of rotatable bonds is 4. The highest BCUT2D eigenvalue weighted by Crippen LogP contribution is 2.37. The molecule has 1 aliphatic carbocycles. The van der Waals surface area contributed by atoms with Gasteiger partial charge in [0.25, 0.3) is 0 Å². The van der Waals surface area contributed by atoms with Gasteiger partial charge in [0.05, 0.1) is 17.7 Å². The SMILES string of the molecule is Cc1cnc(C2CC(OC3CC(NC(=O)OC(C)(C)C)C3)=NO2)c(-c2c(F)cccc2F)c1. The first kappa shape index (κ1) is 22.9. The van der Waals surface area contributed by atoms with Crippen molar-refractivity contribution < 1.29 is 27.9 Å². The normalized spacial score (nSPS) is 22.1. The fraction of sp³-hybridized carbons (Fsp3) is 0.458. The molecule has 1 aromatic heterocycles. The van der Waals surface area contributed by atoms with Crippen LogP contribution in [0.3, 0.4) is 0 Å². The summed E-state index contributed by atoms with van der Waals surface area (Å²) >= 11 is 0. The molecule has 1 amide bonds. The maximum atomic E-state index is 14.5. The van der Waals surface area contributed by atoms with E-state index in [9.17, 15) is 13.6 Å². The zero-order chi connectivity index (χ0) is 23.8. The third kappa shape index (κ3) is 5.40. The van der Waals surface area contributed by atoms with Crippen LogP contribution in [-0.2, 0) is 14.3 Å². The minimum absolute atomic E-state index is 0.0297. The number of halogens is 2. The topological polar surface area (TPSA) is 82.0 Å². The van der Waals surface area contributed by atoms with Gasteiger partial charge in [-0.25, -0.2) is 13.6 Å². The van der Waals surface area contributed by atoms with Crippen LogP contribution in [0.4, 0.5) is 13.6 Å². The quantitative estimate of drug-likeness (QED) is 0.681. The van der Waals surface area contributed by atoms with Crippen LogP contribution in [0.15, 0.2) is 35.6 Å². The molecule has 1 N–H and O–H groups in total. The smallest absolute Gasteiger partial charge is 0.407 e. The van der Waals surface area contributed by atoms with Crippen LogP contribution >= 0.6 is 0 Å². The van der Waals surface area contributed by atoms with Crippen molar-refractivity contribution >= 4 is 12.0 Å². The molecule has 9 heteroatoms. The third-order valence-electron chi connectivity index (χ3n) is 5.35. The highest BCUT2D eigenvalue weighted by molar-refractivity contribution is 5.79. The Bertz CT molecular complexity index is 1060. The van der Waals surface area contributed by atoms with Crippen molar-refractivity contribution in [3.63, 3.8) is 0 Å². The Hall–Kier alpha value is -3.23. The van der Waals surface area contributed by atoms with Gasteiger partial charge >= 0.3 is 6.09 Å². The monoisotopic (exact) mass is 459 g/mol. The molecule has 0 radical (unpaired) electrons. The summed E-state index contributed by atoms with van der Waals surface area (Å²) in [6.07, 6.45) is 1.98. The minimum Gasteiger partial charge on any atom is -0.475 e. The van der Waals surface area contributed by atoms with E-state index in [0.29, 0.717) is 36.4 Å². The van der Waals surface area contributed by atoms with Crippen LogP contribution in [0, 0.1) is 18.6 Å². The molecule has 2 aliphatic rings. The molecule has 2 aromatic rings. The van der Waals surface area contributed by atoms with Crippen LogP contribution in [0.1, 0.15) is 57.4 Å². The van der Waals surface area contributed by atoms with E-state index in [4.69, 9.17) is 14.3 Å². The van der Waals surface area contributed by atoms with Crippen molar-refractivity contribution in [3.8, 4) is 11.1 Å². The lowest BCUT2D eigenvalue weighted by molar-refractivity contribution is 0.0330. The first-order valence-electron chi connectivity index (χ1n) is 10.9. The van der Waals surface area contributed by atoms with Crippen molar-refractivity contribution in [2.45, 2.75) is 70.8 Å². The maximum Gasteiger partial charge on any atom is 0.407 e. The molecule has 0 saturated heterocycles. The number of pyridine rings is 1. The molecule has 2 heterocycles. The van der Waals surface area contributed by atoms with Crippen molar-refractivity contribution in [3.05, 3.63) is 53.4 Å². The Morgan fingerprint density at radius 1 is 1.21 bits per heavy atom. The predicted molar refractivity (Wildman–Crippen MR) is 117 cm³/mol. The molecule has 1 aromatic carbocycles. The Morgan fingerprint density at radius 3 is 2.58 bits per heavy atom. The number of carbonyl (C=O) groups excluding carboxylic acids is 1. The molecule has 7 nitrogen and oxygen atoms in total. The lowest BCUT2D eigenvalue weighted by atomic mass is 9.89. The van der Waals surface area contributed by atoms with Gasteiger partial charge in [-0.3, -0.25) is 4.98 Å². The lowest BCUT2D eigenvalue weighted by Gasteiger charge is -2.35. The fourth-order valence-corrected chi connectivity index (χ4v) is 3.81. The van der Waals surface area contributed by atoms with Gasteiger partial charge in [-0.05, 0) is 51.5 Å². The number of alkyl carbamates (subject to hydrolysis) is 1. The third-order valence-corrected chi connectivity index (χ3v) is 5.35. The van der Waals surface area contributed by atoms with Gasteiger partial charge < -0.3 is 19.6 Å². The van der Waals surface area contributed by atoms with Gasteiger partial charge in [0.1, 0.15) is 23.3 Å². The maximum absolute atomic E-state index is 14.5. The molecule has 1 aliphatic heterocycles. The number of benzene rings is 1. The molecular weight excluding hydrogens is 432 g/mol. The number of oxime groups is 1. The standard InChI is InChI=1S/C24H27F2N3O4/c1-13-8-16(21-17(25)6-5-7-18(21)26)22(27-12-13)19-11-20(29-33-19)31-15-9-14(10-15)28-23(30)32-24(2,3)4/h5-8,12,14-15,19H,9-11H2,1-4H3,(H,28,30). The van der Waals surface area contributed by atoms with E-state index in [0.717, 1.165) is 5.56 Å². The number of ether oxygens (including phenoxy) is 2. The molecule has 1 saturated carbocycles. The van der Waals surface area contributed by atoms with E-state index in [1.165, 1.54) is 18.2 Å². The number of hydrogen-bond donors (Lipinski definition) is 1. The molecule has 176 valence electrons. The summed E-state index contributed by atoms with van der Waals surface area (Å²) in [6, 6.07) is 5.40. The minimum atomic E-state index is -0.669. The number of nitrogens with zero attached hydrogens (tertiary/aromatic N) is 2. The summed E-state index contributed by atoms with van der Waals surface area (Å²) in [5, 5.41) is 6.82. The first-order valence-corrected chi connectivity index (χ1v) is 10.9. The van der Waals surface area contributed by atoms with Gasteiger partial charge in [0, 0.05) is 30.6 Å². The van der Waals surface area contributed by atoms with Crippen LogP contribution in [0.5, 0.6) is 0 Å². The van der Waals surface area contributed by atoms with E-state index in [1.54, 1.807) is 19.2 Å². The van der Waals surface area contributed by atoms with Crippen molar-refractivity contribution in [2.75, 3.05) is 0 Å². The average Bonchev–Trinajstić information content (AvgIpc) is 3.13. The molecule has 0 spiro atoms. The second-order valence-electron chi connectivity index (χ2n) is 9.38. The van der Waals surface area contributed by atoms with E-state index in [1.807, 2.05) is 20.8 Å². The van der Waals surface area contributed by atoms with E-state index < -0.39 is 29.4 Å². The Morgan fingerprint density at radius 2 is 1.91 bits per heavy atom. The molecule has 33 heavy (non-hydrogen) atoms. The van der Waals surface area contributed by atoms with Crippen LogP contribution in [0.2, 0.25) is 0 Å². The Balaban J connectivity index is 1.36. The number of aromatic nitrogens is 1. The van der Waals surface area contributed by atoms with Crippen molar-refractivity contribution in [2.24, 2.45) is 5.16 Å². The highest BCUT2D eigenvalue weighted by Gasteiger charge is 2.36. The first-order chi connectivity index (χ1) is 15.6. The van der Waals surface area contributed by atoms with E-state index in [2.05, 4.69) is 15.5 Å². The van der Waals surface area contributed by atoms with Crippen LogP contribution in [0.25, 0.3) is 11.1 Å². The highest BCUT2D eigenvalue weighted by atomic mass is 19.1. The van der Waals surface area contributed by atoms with E-state index in [-0.39, 0.29) is 17.7 Å². The Labute approximate surface area is 191 Å². The molecule has 4 rings (SSSR count). The summed E-state index contributed by atoms with van der Waals surface area (Å²) in [4.78, 5) is 21.8. The number of amides is 1. The molecule has 0 bridgehead atoms. The van der Waals surface area contributed by atoms with Gasteiger partial charge in [0.2, 0.25) is 5.90 Å². The van der Waals surface area contributed by atoms with Gasteiger partial charge in [-0.2, -0.15) is 0 Å². The van der Waals surface area contributed by atoms with Gasteiger partial charge in [-0.1, -0.05) is 11.2 Å². The predicted octanol–water partition coefficient (Wildman–Crippen LogP) is 5.18. The zero-order valence-electron chi connectivity index (χ0n) is 19.0. The summed E-state index contributed by atoms with van der Waals surface area (Å²) in [5.74, 6) is -0.947. The molecule has 1 unspecified atom stereocenters. The number of hydrogen-bond acceptors (Lipinski definition) is 6. The zero-order valence-corrected chi connectivity index (χ0v) is 19.0. The largest absolute Gasteiger partial charge is 0.475 e. The Kier molecular flexibility index (Phi) is 6.23. The summed E-state index contributed by atoms with van der Waals surface area (Å²) in [7, 11) is 0. The molecule has 1 fully saturated rings. The summed E-state index contributed by atoms with van der Waals surface area (Å²) in [5.41, 5.74) is 0.798. The summed E-state index contributed by atoms with van der Waals surface area (Å²) < 4.78 is 40.0. The number of aryl methyl sites for hydroxylation is 1. The summed E-state index contributed by atoms with van der Waals surface area (Å²) in [6.45, 7) is 7.23. The van der Waals surface area contributed by atoms with Crippen molar-refractivity contribution in [1.29, 1.82) is 0 Å². The molecule has 1 atom stereocenters. The van der Waals surface area contributed by atoms with Gasteiger partial charge in [0.15, 0.2) is 6.10 Å². The van der Waals surface area contributed by atoms with E-state index >= 15 is 0 Å². The van der Waals surface area contributed by atoms with Crippen LogP contribution in [-0.4, -0.2) is 34.7 Å². The number of nitrogens with one attached hydrogen (secondary N) is 1. The van der Waals surface area contributed by atoms with Crippen LogP contribution < -0.4 is 5.32 Å². The number of carbonyl (C=O) groups is 1. The van der Waals surface area contributed by atoms with Gasteiger partial charge in [-0.15, -0.1) is 0 Å². The second kappa shape index (κ2) is 8.96. The average molecular weight is 459 g/mol. The molecular formula is C24H27F2N3O4. The lowest BCUT2D eigenvalue weighted by Crippen LogP contribution is -2.49. The second-order valence-corrected chi connectivity index (χ2v) is 9.38. The van der Waals surface area contributed by atoms with Crippen molar-refractivity contribution in [1.82, 2.24) is 10.3 Å². The fourth-order valence-electron chi connectivity index (χ4n) is 3.81.